The number of hydrogen-bond acceptors (Lipinski definition) is 3. The minimum absolute atomic E-state index is 0.274. The second kappa shape index (κ2) is 4.77. The Morgan fingerprint density at radius 3 is 2.43 bits per heavy atom. The van der Waals surface area contributed by atoms with Crippen LogP contribution in [0.1, 0.15) is 26.7 Å². The van der Waals surface area contributed by atoms with Gasteiger partial charge in [0.25, 0.3) is 0 Å². The van der Waals surface area contributed by atoms with Gasteiger partial charge in [0.05, 0.1) is 11.5 Å². The van der Waals surface area contributed by atoms with Crippen molar-refractivity contribution in [2.24, 2.45) is 11.3 Å². The first-order valence-electron chi connectivity index (χ1n) is 5.28. The van der Waals surface area contributed by atoms with Crippen molar-refractivity contribution in [1.82, 2.24) is 5.32 Å². The average Bonchev–Trinajstić information content (AvgIpc) is 2.20. The molecule has 3 nitrogen and oxygen atoms in total. The van der Waals surface area contributed by atoms with E-state index in [0.29, 0.717) is 5.92 Å². The number of nitrogens with zero attached hydrogens (tertiary/aromatic N) is 1. The van der Waals surface area contributed by atoms with Gasteiger partial charge in [-0.05, 0) is 39.7 Å². The van der Waals surface area contributed by atoms with Crippen molar-refractivity contribution in [3.8, 4) is 6.07 Å². The molecule has 3 heteroatoms. The van der Waals surface area contributed by atoms with Gasteiger partial charge in [-0.15, -0.1) is 0 Å². The molecule has 80 valence electrons. The van der Waals surface area contributed by atoms with Crippen LogP contribution < -0.4 is 5.32 Å². The Hall–Kier alpha value is -0.590. The molecule has 1 aliphatic heterocycles. The molecule has 0 bridgehead atoms. The lowest BCUT2D eigenvalue weighted by atomic mass is 9.75. The third kappa shape index (κ3) is 2.46. The largest absolute Gasteiger partial charge is 0.381 e. The lowest BCUT2D eigenvalue weighted by Crippen LogP contribution is -2.46. The summed E-state index contributed by atoms with van der Waals surface area (Å²) < 4.78 is 5.33. The standard InChI is InChI=1S/C11H20N2O/c1-11(2,8-12)10(13-3)9-4-6-14-7-5-9/h9-10,13H,4-7H2,1-3H3. The fourth-order valence-corrected chi connectivity index (χ4v) is 2.30. The number of nitrogens with one attached hydrogen (secondary N) is 1. The molecule has 1 unspecified atom stereocenters. The number of rotatable bonds is 3. The third-order valence-corrected chi connectivity index (χ3v) is 3.11. The first-order chi connectivity index (χ1) is 6.61. The molecule has 0 radical (unpaired) electrons. The van der Waals surface area contributed by atoms with Crippen LogP contribution in [0.25, 0.3) is 0 Å². The SMILES string of the molecule is CNC(C1CCOCC1)C(C)(C)C#N. The fourth-order valence-electron chi connectivity index (χ4n) is 2.30. The van der Waals surface area contributed by atoms with Gasteiger partial charge >= 0.3 is 0 Å². The molecular weight excluding hydrogens is 176 g/mol. The smallest absolute Gasteiger partial charge is 0.0700 e. The summed E-state index contributed by atoms with van der Waals surface area (Å²) >= 11 is 0. The van der Waals surface area contributed by atoms with Crippen LogP contribution in [0.3, 0.4) is 0 Å². The minimum Gasteiger partial charge on any atom is -0.381 e. The number of nitriles is 1. The maximum absolute atomic E-state index is 9.10. The zero-order valence-electron chi connectivity index (χ0n) is 9.34. The maximum atomic E-state index is 9.10. The van der Waals surface area contributed by atoms with Crippen molar-refractivity contribution >= 4 is 0 Å². The summed E-state index contributed by atoms with van der Waals surface area (Å²) in [6.07, 6.45) is 2.13. The molecule has 0 saturated carbocycles. The van der Waals surface area contributed by atoms with E-state index < -0.39 is 0 Å². The molecule has 0 spiro atoms. The molecule has 1 fully saturated rings. The third-order valence-electron chi connectivity index (χ3n) is 3.11. The van der Waals surface area contributed by atoms with Gasteiger partial charge in [-0.1, -0.05) is 0 Å². The Kier molecular flexibility index (Phi) is 3.91. The van der Waals surface area contributed by atoms with E-state index in [1.165, 1.54) is 0 Å². The van der Waals surface area contributed by atoms with E-state index in [2.05, 4.69) is 11.4 Å². The van der Waals surface area contributed by atoms with E-state index in [1.807, 2.05) is 20.9 Å². The maximum Gasteiger partial charge on any atom is 0.0700 e. The lowest BCUT2D eigenvalue weighted by Gasteiger charge is -2.36. The highest BCUT2D eigenvalue weighted by molar-refractivity contribution is 5.02. The summed E-state index contributed by atoms with van der Waals surface area (Å²) in [5.41, 5.74) is -0.295. The highest BCUT2D eigenvalue weighted by Crippen LogP contribution is 2.30. The van der Waals surface area contributed by atoms with Gasteiger partial charge in [-0.2, -0.15) is 5.26 Å². The summed E-state index contributed by atoms with van der Waals surface area (Å²) in [5.74, 6) is 0.573. The van der Waals surface area contributed by atoms with Crippen molar-refractivity contribution < 1.29 is 4.74 Å². The molecule has 1 N–H and O–H groups in total. The van der Waals surface area contributed by atoms with E-state index >= 15 is 0 Å². The predicted molar refractivity (Wildman–Crippen MR) is 55.8 cm³/mol. The van der Waals surface area contributed by atoms with Gasteiger partial charge in [0.15, 0.2) is 0 Å². The first-order valence-corrected chi connectivity index (χ1v) is 5.28. The van der Waals surface area contributed by atoms with Crippen LogP contribution >= 0.6 is 0 Å². The van der Waals surface area contributed by atoms with Gasteiger partial charge in [0, 0.05) is 19.3 Å². The summed E-state index contributed by atoms with van der Waals surface area (Å²) in [7, 11) is 1.94. The normalized spacial score (nSPS) is 21.6. The number of hydrogen-bond donors (Lipinski definition) is 1. The average molecular weight is 196 g/mol. The van der Waals surface area contributed by atoms with Crippen LogP contribution in [-0.2, 0) is 4.74 Å². The second-order valence-corrected chi connectivity index (χ2v) is 4.55. The van der Waals surface area contributed by atoms with Crippen molar-refractivity contribution in [1.29, 1.82) is 5.26 Å². The molecule has 0 aromatic carbocycles. The zero-order chi connectivity index (χ0) is 10.6. The Morgan fingerprint density at radius 1 is 1.43 bits per heavy atom. The molecule has 0 aliphatic carbocycles. The van der Waals surface area contributed by atoms with E-state index in [9.17, 15) is 0 Å². The molecule has 0 aromatic heterocycles. The van der Waals surface area contributed by atoms with E-state index in [4.69, 9.17) is 10.00 Å². The van der Waals surface area contributed by atoms with E-state index in [-0.39, 0.29) is 11.5 Å². The van der Waals surface area contributed by atoms with Crippen LogP contribution in [-0.4, -0.2) is 26.3 Å². The van der Waals surface area contributed by atoms with Crippen molar-refractivity contribution in [3.63, 3.8) is 0 Å². The van der Waals surface area contributed by atoms with Gasteiger partial charge in [0.2, 0.25) is 0 Å². The molecule has 1 saturated heterocycles. The Morgan fingerprint density at radius 2 is 2.00 bits per heavy atom. The predicted octanol–water partition coefficient (Wildman–Crippen LogP) is 1.55. The summed E-state index contributed by atoms with van der Waals surface area (Å²) in [4.78, 5) is 0. The highest BCUT2D eigenvalue weighted by Gasteiger charge is 2.35. The Balaban J connectivity index is 2.65. The van der Waals surface area contributed by atoms with Crippen molar-refractivity contribution in [3.05, 3.63) is 0 Å². The molecule has 1 heterocycles. The molecule has 0 aromatic rings. The molecule has 0 amide bonds. The van der Waals surface area contributed by atoms with Gasteiger partial charge < -0.3 is 10.1 Å². The van der Waals surface area contributed by atoms with Crippen LogP contribution in [0.4, 0.5) is 0 Å². The van der Waals surface area contributed by atoms with Gasteiger partial charge in [-0.3, -0.25) is 0 Å². The summed E-state index contributed by atoms with van der Waals surface area (Å²) in [5, 5.41) is 12.4. The van der Waals surface area contributed by atoms with Crippen LogP contribution in [0.5, 0.6) is 0 Å². The second-order valence-electron chi connectivity index (χ2n) is 4.55. The van der Waals surface area contributed by atoms with Crippen LogP contribution in [0, 0.1) is 22.7 Å². The molecule has 14 heavy (non-hydrogen) atoms. The van der Waals surface area contributed by atoms with Gasteiger partial charge in [0.1, 0.15) is 0 Å². The van der Waals surface area contributed by atoms with Crippen LogP contribution in [0.2, 0.25) is 0 Å². The van der Waals surface area contributed by atoms with Gasteiger partial charge in [-0.25, -0.2) is 0 Å². The molecule has 1 atom stereocenters. The van der Waals surface area contributed by atoms with E-state index in [1.54, 1.807) is 0 Å². The lowest BCUT2D eigenvalue weighted by molar-refractivity contribution is 0.0417. The summed E-state index contributed by atoms with van der Waals surface area (Å²) in [6, 6.07) is 2.66. The minimum atomic E-state index is -0.295. The van der Waals surface area contributed by atoms with Crippen molar-refractivity contribution in [2.75, 3.05) is 20.3 Å². The topological polar surface area (TPSA) is 45.0 Å². The number of ether oxygens (including phenoxy) is 1. The molecular formula is C11H20N2O. The first kappa shape index (κ1) is 11.5. The molecule has 1 aliphatic rings. The monoisotopic (exact) mass is 196 g/mol. The Bertz CT molecular complexity index is 214. The zero-order valence-corrected chi connectivity index (χ0v) is 9.34. The highest BCUT2D eigenvalue weighted by atomic mass is 16.5. The van der Waals surface area contributed by atoms with Crippen molar-refractivity contribution in [2.45, 2.75) is 32.7 Å². The molecule has 1 rings (SSSR count). The van der Waals surface area contributed by atoms with E-state index in [0.717, 1.165) is 26.1 Å². The quantitative estimate of drug-likeness (QED) is 0.745. The van der Waals surface area contributed by atoms with Crippen LogP contribution in [0.15, 0.2) is 0 Å². The summed E-state index contributed by atoms with van der Waals surface area (Å²) in [6.45, 7) is 5.68. The fraction of sp³-hybridized carbons (Fsp3) is 0.909. The Labute approximate surface area is 86.4 Å².